The number of anilines is 1. The molecule has 60 heavy (non-hydrogen) atoms. The first-order valence-corrected chi connectivity index (χ1v) is 23.2. The lowest BCUT2D eigenvalue weighted by Crippen LogP contribution is -2.61. The number of nitro benzene ring substituents is 1. The monoisotopic (exact) mass is 839 g/mol. The molecule has 0 amide bonds. The lowest BCUT2D eigenvalue weighted by atomic mass is 9.33. The first kappa shape index (κ1) is 43.5. The van der Waals surface area contributed by atoms with E-state index < -0.39 is 26.3 Å². The number of nitrogens with one attached hydrogen (secondary N) is 1. The van der Waals surface area contributed by atoms with E-state index in [1.807, 2.05) is 19.9 Å². The Labute approximate surface area is 354 Å². The van der Waals surface area contributed by atoms with Gasteiger partial charge in [-0.15, -0.1) is 0 Å². The molecular formula is C47H61N5O7S. The Hall–Kier alpha value is -4.59. The van der Waals surface area contributed by atoms with Crippen LogP contribution in [0.3, 0.4) is 0 Å². The molecule has 4 aromatic rings. The van der Waals surface area contributed by atoms with E-state index in [1.165, 1.54) is 56.9 Å². The second kappa shape index (κ2) is 17.4. The van der Waals surface area contributed by atoms with Crippen LogP contribution in [0.4, 0.5) is 11.4 Å². The average molecular weight is 840 g/mol. The fraction of sp³-hybridized carbons (Fsp3) is 0.532. The van der Waals surface area contributed by atoms with Gasteiger partial charge in [-0.1, -0.05) is 38.0 Å². The lowest BCUT2D eigenvalue weighted by molar-refractivity contribution is -0.385. The van der Waals surface area contributed by atoms with Crippen molar-refractivity contribution >= 4 is 38.0 Å². The molecule has 3 N–H and O–H groups in total. The van der Waals surface area contributed by atoms with Gasteiger partial charge in [-0.3, -0.25) is 14.9 Å². The van der Waals surface area contributed by atoms with Crippen molar-refractivity contribution in [1.29, 1.82) is 0 Å². The number of benzene rings is 2. The zero-order chi connectivity index (χ0) is 42.9. The maximum Gasteiger partial charge on any atom is 0.273 e. The molecule has 4 fully saturated rings. The topological polar surface area (TPSA) is 171 Å². The standard InChI is InChI=1S/C32H36N4O7S.C15H25N/c1-3-35(4-2)25-8-10-28(31(18-25)43-26-17-24-11-14-33-32(24)34-20-26)30(37)21-44(40,41)27-9-7-23(29(19-27)36(38)39)6-5-22-12-15-42-16-13-22;1-13(2)5-4-11(7-16)12(6-13)15-8-14(3,9-15)10-15/h7-11,14,17-20,22H,3-6,12-13,15-16,21H2,1-2H3,(H,33,34);4-10,16H2,1-3H3. The number of carbonyl (C=O) groups is 1. The molecule has 3 heterocycles. The maximum atomic E-state index is 13.6. The highest BCUT2D eigenvalue weighted by Gasteiger charge is 2.66. The van der Waals surface area contributed by atoms with Crippen LogP contribution in [0.15, 0.2) is 77.0 Å². The molecule has 2 aromatic carbocycles. The van der Waals surface area contributed by atoms with Crippen LogP contribution < -0.4 is 15.4 Å². The van der Waals surface area contributed by atoms with Gasteiger partial charge in [-0.05, 0) is 131 Å². The van der Waals surface area contributed by atoms with Crippen LogP contribution in [-0.4, -0.2) is 67.7 Å². The van der Waals surface area contributed by atoms with E-state index in [0.29, 0.717) is 58.8 Å². The summed E-state index contributed by atoms with van der Waals surface area (Å²) in [5.74, 6) is -0.567. The molecule has 5 aliphatic rings. The largest absolute Gasteiger partial charge is 0.455 e. The third-order valence-corrected chi connectivity index (χ3v) is 15.1. The van der Waals surface area contributed by atoms with E-state index in [9.17, 15) is 23.3 Å². The number of aryl methyl sites for hydroxylation is 1. The Kier molecular flexibility index (Phi) is 12.6. The van der Waals surface area contributed by atoms with Gasteiger partial charge in [0.25, 0.3) is 5.69 Å². The summed E-state index contributed by atoms with van der Waals surface area (Å²) in [5.41, 5.74) is 13.0. The molecule has 2 bridgehead atoms. The van der Waals surface area contributed by atoms with E-state index in [-0.39, 0.29) is 21.9 Å². The summed E-state index contributed by atoms with van der Waals surface area (Å²) in [6.07, 6.45) is 14.6. The zero-order valence-electron chi connectivity index (χ0n) is 35.8. The van der Waals surface area contributed by atoms with Crippen molar-refractivity contribution in [2.75, 3.05) is 43.5 Å². The molecule has 12 nitrogen and oxygen atoms in total. The first-order valence-electron chi connectivity index (χ1n) is 21.6. The van der Waals surface area contributed by atoms with Gasteiger partial charge in [0, 0.05) is 67.8 Å². The van der Waals surface area contributed by atoms with Crippen LogP contribution in [0.2, 0.25) is 0 Å². The van der Waals surface area contributed by atoms with Crippen LogP contribution in [-0.2, 0) is 21.0 Å². The number of pyridine rings is 1. The Morgan fingerprint density at radius 2 is 1.78 bits per heavy atom. The maximum absolute atomic E-state index is 13.6. The minimum Gasteiger partial charge on any atom is -0.455 e. The van der Waals surface area contributed by atoms with Crippen molar-refractivity contribution in [3.63, 3.8) is 0 Å². The molecular weight excluding hydrogens is 779 g/mol. The van der Waals surface area contributed by atoms with Gasteiger partial charge in [-0.2, -0.15) is 0 Å². The van der Waals surface area contributed by atoms with Crippen LogP contribution in [0.25, 0.3) is 11.0 Å². The van der Waals surface area contributed by atoms with E-state index in [4.69, 9.17) is 15.2 Å². The number of H-pyrrole nitrogens is 1. The molecule has 0 unspecified atom stereocenters. The van der Waals surface area contributed by atoms with Gasteiger partial charge in [0.2, 0.25) is 0 Å². The predicted molar refractivity (Wildman–Crippen MR) is 236 cm³/mol. The molecule has 13 heteroatoms. The van der Waals surface area contributed by atoms with Gasteiger partial charge in [0.05, 0.1) is 21.6 Å². The molecule has 3 saturated carbocycles. The minimum absolute atomic E-state index is 0.0845. The SMILES string of the molecule is CC1(C)CCC(CN)=C(C23CC(C)(C2)C3)C1.CCN(CC)c1ccc(C(=O)CS(=O)(=O)c2ccc(CCC3CCOCC3)c([N+](=O)[O-])c2)c(Oc2cnc3[nH]ccc3c2)c1. The Morgan fingerprint density at radius 3 is 2.45 bits per heavy atom. The third-order valence-electron chi connectivity index (χ3n) is 13.5. The zero-order valence-corrected chi connectivity index (χ0v) is 36.7. The van der Waals surface area contributed by atoms with Crippen molar-refractivity contribution in [2.45, 2.75) is 104 Å². The number of hydrogen-bond acceptors (Lipinski definition) is 10. The number of rotatable bonds is 15. The first-order chi connectivity index (χ1) is 28.6. The third kappa shape index (κ3) is 9.33. The second-order valence-electron chi connectivity index (χ2n) is 18.6. The van der Waals surface area contributed by atoms with E-state index in [1.54, 1.807) is 41.6 Å². The number of nitrogens with zero attached hydrogens (tertiary/aromatic N) is 3. The Bertz CT molecular complexity index is 2360. The number of aromatic amines is 1. The molecule has 322 valence electrons. The number of nitro groups is 1. The summed E-state index contributed by atoms with van der Waals surface area (Å²) in [6, 6.07) is 12.6. The highest BCUT2D eigenvalue weighted by Crippen LogP contribution is 2.77. The quantitative estimate of drug-likeness (QED) is 0.0508. The van der Waals surface area contributed by atoms with Gasteiger partial charge in [-0.25, -0.2) is 13.4 Å². The number of carbonyl (C=O) groups excluding carboxylic acids is 1. The fourth-order valence-corrected chi connectivity index (χ4v) is 11.5. The summed E-state index contributed by atoms with van der Waals surface area (Å²) in [6.45, 7) is 14.9. The molecule has 1 saturated heterocycles. The molecule has 9 rings (SSSR count). The van der Waals surface area contributed by atoms with Crippen LogP contribution in [0, 0.1) is 32.3 Å². The van der Waals surface area contributed by atoms with Crippen molar-refractivity contribution in [2.24, 2.45) is 27.9 Å². The van der Waals surface area contributed by atoms with Crippen LogP contribution in [0.1, 0.15) is 108 Å². The summed E-state index contributed by atoms with van der Waals surface area (Å²) in [4.78, 5) is 34.1. The molecule has 0 radical (unpaired) electrons. The van der Waals surface area contributed by atoms with Crippen molar-refractivity contribution in [1.82, 2.24) is 9.97 Å². The van der Waals surface area contributed by atoms with E-state index >= 15 is 0 Å². The summed E-state index contributed by atoms with van der Waals surface area (Å²) < 4.78 is 38.4. The number of fused-ring (bicyclic) bond motifs is 1. The van der Waals surface area contributed by atoms with Crippen LogP contribution >= 0.6 is 0 Å². The van der Waals surface area contributed by atoms with E-state index in [2.05, 4.69) is 35.6 Å². The lowest BCUT2D eigenvalue weighted by Gasteiger charge is -2.72. The molecule has 4 aliphatic carbocycles. The number of nitrogens with two attached hydrogens (primary N) is 1. The number of hydrogen-bond donors (Lipinski definition) is 2. The number of ether oxygens (including phenoxy) is 2. The number of allylic oxidation sites excluding steroid dienone is 1. The summed E-state index contributed by atoms with van der Waals surface area (Å²) in [5, 5.41) is 12.7. The number of Topliss-reactive ketones (excluding diaryl/α,β-unsaturated/α-hetero) is 1. The Morgan fingerprint density at radius 1 is 1.05 bits per heavy atom. The smallest absolute Gasteiger partial charge is 0.273 e. The van der Waals surface area contributed by atoms with Crippen molar-refractivity contribution in [3.05, 3.63) is 93.3 Å². The van der Waals surface area contributed by atoms with Crippen molar-refractivity contribution in [3.8, 4) is 11.5 Å². The second-order valence-corrected chi connectivity index (χ2v) is 20.6. The summed E-state index contributed by atoms with van der Waals surface area (Å²) >= 11 is 0. The normalized spacial score (nSPS) is 22.3. The van der Waals surface area contributed by atoms with Crippen LogP contribution in [0.5, 0.6) is 11.5 Å². The number of sulfone groups is 1. The number of aromatic nitrogens is 2. The predicted octanol–water partition coefficient (Wildman–Crippen LogP) is 9.77. The minimum atomic E-state index is -4.22. The average Bonchev–Trinajstić information content (AvgIpc) is 3.67. The summed E-state index contributed by atoms with van der Waals surface area (Å²) in [7, 11) is -4.22. The van der Waals surface area contributed by atoms with E-state index in [0.717, 1.165) is 56.0 Å². The molecule has 2 aromatic heterocycles. The molecule has 1 aliphatic heterocycles. The van der Waals surface area contributed by atoms with Gasteiger partial charge >= 0.3 is 0 Å². The van der Waals surface area contributed by atoms with Gasteiger partial charge in [0.15, 0.2) is 15.6 Å². The fourth-order valence-electron chi connectivity index (χ4n) is 10.3. The molecule has 0 atom stereocenters. The molecule has 0 spiro atoms. The Balaban J connectivity index is 0.000000281. The van der Waals surface area contributed by atoms with Gasteiger partial charge in [0.1, 0.15) is 22.9 Å². The van der Waals surface area contributed by atoms with Gasteiger partial charge < -0.3 is 25.1 Å². The highest BCUT2D eigenvalue weighted by molar-refractivity contribution is 7.92. The highest BCUT2D eigenvalue weighted by atomic mass is 32.2. The number of ketones is 1. The van der Waals surface area contributed by atoms with Crippen molar-refractivity contribution < 1.29 is 27.6 Å².